The first kappa shape index (κ1) is 18.5. The molecule has 1 aromatic heterocycles. The zero-order valence-electron chi connectivity index (χ0n) is 16.1. The molecule has 142 valence electrons. The predicted molar refractivity (Wildman–Crippen MR) is 116 cm³/mol. The topological polar surface area (TPSA) is 58.9 Å². The van der Waals surface area contributed by atoms with E-state index in [0.29, 0.717) is 0 Å². The molecule has 1 N–H and O–H groups in total. The molecule has 3 aromatic carbocycles. The molecule has 29 heavy (non-hydrogen) atoms. The number of nitrogens with one attached hydrogen (secondary N) is 1. The van der Waals surface area contributed by atoms with Crippen molar-refractivity contribution in [1.82, 2.24) is 4.98 Å². The van der Waals surface area contributed by atoms with Crippen LogP contribution >= 0.6 is 0 Å². The number of aromatic nitrogens is 1. The largest absolute Gasteiger partial charge is 0.361 e. The lowest BCUT2D eigenvalue weighted by Crippen LogP contribution is -2.15. The Balaban J connectivity index is 1.82. The molecule has 4 rings (SSSR count). The third kappa shape index (κ3) is 4.04. The van der Waals surface area contributed by atoms with Gasteiger partial charge in [0.25, 0.3) is 0 Å². The number of fused-ring (bicyclic) bond motifs is 1. The van der Waals surface area contributed by atoms with Crippen LogP contribution in [0.3, 0.4) is 0 Å². The van der Waals surface area contributed by atoms with Gasteiger partial charge in [-0.15, -0.1) is 0 Å². The zero-order valence-corrected chi connectivity index (χ0v) is 16.1. The minimum Gasteiger partial charge on any atom is -0.361 e. The molecule has 0 aliphatic carbocycles. The number of aromatic amines is 1. The summed E-state index contributed by atoms with van der Waals surface area (Å²) in [5.41, 5.74) is 5.65. The number of hydrogen-bond acceptors (Lipinski definition) is 2. The number of hydrogen-bond donors (Lipinski definition) is 1. The van der Waals surface area contributed by atoms with Gasteiger partial charge in [-0.1, -0.05) is 60.4 Å². The third-order valence-electron chi connectivity index (χ3n) is 5.02. The minimum atomic E-state index is -0.385. The predicted octanol–water partition coefficient (Wildman–Crippen LogP) is 5.28. The zero-order chi connectivity index (χ0) is 20.2. The van der Waals surface area contributed by atoms with Crippen LogP contribution in [0.4, 0.5) is 0 Å². The van der Waals surface area contributed by atoms with E-state index in [2.05, 4.69) is 16.8 Å². The van der Waals surface area contributed by atoms with Crippen molar-refractivity contribution >= 4 is 10.9 Å². The maximum atomic E-state index is 11.5. The fraction of sp³-hybridized carbons (Fsp3) is 0.120. The highest BCUT2D eigenvalue weighted by molar-refractivity contribution is 5.84. The second-order valence-corrected chi connectivity index (χ2v) is 7.06. The third-order valence-corrected chi connectivity index (χ3v) is 5.02. The van der Waals surface area contributed by atoms with Gasteiger partial charge in [-0.2, -0.15) is 0 Å². The number of para-hydroxylation sites is 1. The molecular formula is C25H20N2O2. The van der Waals surface area contributed by atoms with Gasteiger partial charge in [0.05, 0.1) is 5.92 Å². The molecule has 4 aromatic rings. The van der Waals surface area contributed by atoms with Gasteiger partial charge < -0.3 is 4.98 Å². The molecule has 0 spiro atoms. The minimum absolute atomic E-state index is 0.189. The van der Waals surface area contributed by atoms with Crippen LogP contribution in [0.15, 0.2) is 79.0 Å². The smallest absolute Gasteiger partial charge is 0.214 e. The van der Waals surface area contributed by atoms with Crippen LogP contribution in [-0.2, 0) is 0 Å². The van der Waals surface area contributed by atoms with E-state index in [1.54, 1.807) is 0 Å². The summed E-state index contributed by atoms with van der Waals surface area (Å²) in [6.07, 6.45) is 1.88. The van der Waals surface area contributed by atoms with Crippen molar-refractivity contribution in [2.24, 2.45) is 0 Å². The Kier molecular flexibility index (Phi) is 5.13. The van der Waals surface area contributed by atoms with Crippen molar-refractivity contribution in [2.45, 2.75) is 12.8 Å². The van der Waals surface area contributed by atoms with Crippen LogP contribution in [0.1, 0.15) is 33.7 Å². The molecule has 0 radical (unpaired) electrons. The molecule has 4 nitrogen and oxygen atoms in total. The molecule has 0 aliphatic rings. The summed E-state index contributed by atoms with van der Waals surface area (Å²) in [5, 5.41) is 12.5. The average molecular weight is 380 g/mol. The first-order valence-electron chi connectivity index (χ1n) is 9.47. The van der Waals surface area contributed by atoms with E-state index in [9.17, 15) is 10.1 Å². The number of H-pyrrole nitrogens is 1. The molecular weight excluding hydrogens is 360 g/mol. The molecule has 0 unspecified atom stereocenters. The summed E-state index contributed by atoms with van der Waals surface area (Å²) in [6.45, 7) is 1.84. The molecule has 0 fully saturated rings. The number of benzene rings is 3. The van der Waals surface area contributed by atoms with Gasteiger partial charge in [0.15, 0.2) is 0 Å². The Morgan fingerprint density at radius 1 is 0.966 bits per heavy atom. The first-order chi connectivity index (χ1) is 14.1. The van der Waals surface area contributed by atoms with E-state index in [1.165, 1.54) is 0 Å². The Bertz CT molecular complexity index is 1240. The molecule has 0 saturated carbocycles. The van der Waals surface area contributed by atoms with Gasteiger partial charge in [0.1, 0.15) is 0 Å². The number of aryl methyl sites for hydroxylation is 1. The monoisotopic (exact) mass is 380 g/mol. The van der Waals surface area contributed by atoms with E-state index >= 15 is 0 Å². The normalized spacial score (nSPS) is 11.6. The molecule has 4 heteroatoms. The lowest BCUT2D eigenvalue weighted by atomic mass is 9.88. The lowest BCUT2D eigenvalue weighted by molar-refractivity contribution is -0.481. The summed E-state index contributed by atoms with van der Waals surface area (Å²) in [7, 11) is 0. The SMILES string of the molecule is Cc1cccc(C#Cc2ccccc2[C@@H](C[N+](=O)[O-])c2c[nH]c3ccccc23)c1. The highest BCUT2D eigenvalue weighted by Gasteiger charge is 2.25. The summed E-state index contributed by atoms with van der Waals surface area (Å²) in [4.78, 5) is 14.5. The molecule has 1 heterocycles. The summed E-state index contributed by atoms with van der Waals surface area (Å²) >= 11 is 0. The van der Waals surface area contributed by atoms with Gasteiger partial charge >= 0.3 is 0 Å². The quantitative estimate of drug-likeness (QED) is 0.297. The van der Waals surface area contributed by atoms with Gasteiger partial charge in [0.2, 0.25) is 6.54 Å². The number of nitrogens with zero attached hydrogens (tertiary/aromatic N) is 1. The van der Waals surface area contributed by atoms with Crippen LogP contribution in [0.5, 0.6) is 0 Å². The van der Waals surface area contributed by atoms with E-state index in [1.807, 2.05) is 85.9 Å². The Morgan fingerprint density at radius 2 is 1.76 bits per heavy atom. The second kappa shape index (κ2) is 8.04. The summed E-state index contributed by atoms with van der Waals surface area (Å²) in [5.74, 6) is 6.06. The van der Waals surface area contributed by atoms with E-state index in [0.717, 1.165) is 38.7 Å². The van der Waals surface area contributed by atoms with E-state index < -0.39 is 0 Å². The van der Waals surface area contributed by atoms with Crippen LogP contribution < -0.4 is 0 Å². The molecule has 0 amide bonds. The van der Waals surface area contributed by atoms with Crippen molar-refractivity contribution in [3.8, 4) is 11.8 Å². The molecule has 0 aliphatic heterocycles. The Hall–Kier alpha value is -3.84. The van der Waals surface area contributed by atoms with E-state index in [4.69, 9.17) is 0 Å². The first-order valence-corrected chi connectivity index (χ1v) is 9.47. The van der Waals surface area contributed by atoms with Crippen molar-refractivity contribution in [1.29, 1.82) is 0 Å². The molecule has 0 bridgehead atoms. The lowest BCUT2D eigenvalue weighted by Gasteiger charge is -2.15. The van der Waals surface area contributed by atoms with E-state index in [-0.39, 0.29) is 17.4 Å². The summed E-state index contributed by atoms with van der Waals surface area (Å²) < 4.78 is 0. The van der Waals surface area contributed by atoms with Crippen LogP contribution in [0.25, 0.3) is 10.9 Å². The highest BCUT2D eigenvalue weighted by atomic mass is 16.6. The molecule has 1 atom stereocenters. The average Bonchev–Trinajstić information content (AvgIpc) is 3.15. The maximum Gasteiger partial charge on any atom is 0.214 e. The van der Waals surface area contributed by atoms with Crippen molar-refractivity contribution in [3.63, 3.8) is 0 Å². The second-order valence-electron chi connectivity index (χ2n) is 7.06. The number of nitro groups is 1. The Labute approximate surface area is 169 Å². The Morgan fingerprint density at radius 3 is 2.59 bits per heavy atom. The highest BCUT2D eigenvalue weighted by Crippen LogP contribution is 2.32. The fourth-order valence-corrected chi connectivity index (χ4v) is 3.67. The van der Waals surface area contributed by atoms with Crippen molar-refractivity contribution in [2.75, 3.05) is 6.54 Å². The van der Waals surface area contributed by atoms with Gasteiger partial charge in [0, 0.05) is 33.1 Å². The van der Waals surface area contributed by atoms with Gasteiger partial charge in [-0.3, -0.25) is 10.1 Å². The standard InChI is InChI=1S/C25H20N2O2/c1-18-7-6-8-19(15-18)13-14-20-9-2-3-10-21(20)24(17-27(28)29)23-16-26-25-12-5-4-11-22(23)25/h2-12,15-16,24,26H,17H2,1H3/t24-/m1/s1. The van der Waals surface area contributed by atoms with Gasteiger partial charge in [-0.05, 0) is 47.9 Å². The maximum absolute atomic E-state index is 11.5. The van der Waals surface area contributed by atoms with Crippen LogP contribution in [-0.4, -0.2) is 16.5 Å². The van der Waals surface area contributed by atoms with Gasteiger partial charge in [-0.25, -0.2) is 0 Å². The fourth-order valence-electron chi connectivity index (χ4n) is 3.67. The molecule has 0 saturated heterocycles. The summed E-state index contributed by atoms with van der Waals surface area (Å²) in [6, 6.07) is 23.6. The van der Waals surface area contributed by atoms with Crippen LogP contribution in [0.2, 0.25) is 0 Å². The van der Waals surface area contributed by atoms with Crippen molar-refractivity contribution in [3.05, 3.63) is 117 Å². The number of rotatable bonds is 4. The van der Waals surface area contributed by atoms with Crippen LogP contribution in [0, 0.1) is 28.9 Å². The van der Waals surface area contributed by atoms with Crippen molar-refractivity contribution < 1.29 is 4.92 Å².